The minimum Gasteiger partial charge on any atom is -0.427 e. The number of rotatable bonds is 42. The third kappa shape index (κ3) is 34.3. The van der Waals surface area contributed by atoms with Crippen LogP contribution in [0.4, 0.5) is 0 Å². The molecule has 0 radical (unpaired) electrons. The van der Waals surface area contributed by atoms with Crippen molar-refractivity contribution in [2.24, 2.45) is 0 Å². The molecular formula is C50H87N3O7. The van der Waals surface area contributed by atoms with E-state index in [2.05, 4.69) is 54.1 Å². The highest BCUT2D eigenvalue weighted by Gasteiger charge is 2.30. The molecule has 3 N–H and O–H groups in total. The molecule has 0 aromatic heterocycles. The Bertz CT molecular complexity index is 1240. The van der Waals surface area contributed by atoms with E-state index in [4.69, 9.17) is 9.47 Å². The summed E-state index contributed by atoms with van der Waals surface area (Å²) in [4.78, 5) is 61.7. The molecular weight excluding hydrogens is 755 g/mol. The average Bonchev–Trinajstić information content (AvgIpc) is 3.97. The molecule has 0 saturated heterocycles. The van der Waals surface area contributed by atoms with Gasteiger partial charge in [0.1, 0.15) is 6.04 Å². The van der Waals surface area contributed by atoms with Crippen molar-refractivity contribution in [3.05, 3.63) is 35.8 Å². The third-order valence-electron chi connectivity index (χ3n) is 11.0. The van der Waals surface area contributed by atoms with Crippen molar-refractivity contribution in [1.29, 1.82) is 0 Å². The summed E-state index contributed by atoms with van der Waals surface area (Å²) >= 11 is 0. The van der Waals surface area contributed by atoms with Gasteiger partial charge < -0.3 is 25.4 Å². The molecule has 0 heterocycles. The smallest absolute Gasteiger partial charge is 0.311 e. The van der Waals surface area contributed by atoms with E-state index in [0.29, 0.717) is 56.6 Å². The highest BCUT2D eigenvalue weighted by atomic mass is 16.6. The molecule has 1 aliphatic rings. The van der Waals surface area contributed by atoms with Crippen LogP contribution in [0, 0.1) is 0 Å². The van der Waals surface area contributed by atoms with Gasteiger partial charge in [-0.15, -0.1) is 0 Å². The van der Waals surface area contributed by atoms with Gasteiger partial charge in [-0.25, -0.2) is 0 Å². The third-order valence-corrected chi connectivity index (χ3v) is 11.0. The summed E-state index contributed by atoms with van der Waals surface area (Å²) < 4.78 is 10.6. The van der Waals surface area contributed by atoms with Gasteiger partial charge in [0.15, 0.2) is 11.5 Å². The second-order valence-corrected chi connectivity index (χ2v) is 16.7. The van der Waals surface area contributed by atoms with E-state index in [1.807, 2.05) is 0 Å². The van der Waals surface area contributed by atoms with Crippen LogP contribution in [0.2, 0.25) is 0 Å². The number of carbonyl (C=O) groups excluding carboxylic acids is 5. The summed E-state index contributed by atoms with van der Waals surface area (Å²) in [6.07, 6.45) is 43.2. The molecule has 1 unspecified atom stereocenters. The van der Waals surface area contributed by atoms with E-state index >= 15 is 0 Å². The van der Waals surface area contributed by atoms with E-state index < -0.39 is 12.0 Å². The molecule has 0 aliphatic heterocycles. The topological polar surface area (TPSA) is 140 Å². The average molecular weight is 842 g/mol. The van der Waals surface area contributed by atoms with Crippen molar-refractivity contribution in [3.8, 4) is 0 Å². The number of hydrogen-bond donors (Lipinski definition) is 3. The van der Waals surface area contributed by atoms with Crippen LogP contribution >= 0.6 is 0 Å². The van der Waals surface area contributed by atoms with Crippen molar-refractivity contribution < 1.29 is 33.4 Å². The Morgan fingerprint density at radius 2 is 0.933 bits per heavy atom. The van der Waals surface area contributed by atoms with E-state index in [1.54, 1.807) is 7.05 Å². The largest absolute Gasteiger partial charge is 0.427 e. The fourth-order valence-electron chi connectivity index (χ4n) is 7.08. The predicted octanol–water partition coefficient (Wildman–Crippen LogP) is 12.1. The molecule has 1 aliphatic carbocycles. The van der Waals surface area contributed by atoms with E-state index in [0.717, 1.165) is 51.4 Å². The molecule has 60 heavy (non-hydrogen) atoms. The summed E-state index contributed by atoms with van der Waals surface area (Å²) in [6, 6.07) is -0.607. The first-order chi connectivity index (χ1) is 29.3. The van der Waals surface area contributed by atoms with Crippen molar-refractivity contribution in [1.82, 2.24) is 16.0 Å². The molecule has 0 saturated carbocycles. The fraction of sp³-hybridized carbons (Fsp3) is 0.780. The standard InChI is InChI=1S/C50H87N3O7/c1-4-6-8-10-12-14-16-18-20-22-24-26-28-30-32-37-47(55)53-43(50(58)51-3)36-34-35-41-52-46(54)39-40-49(57)60-45-42-44(45)59-48(56)38-33-31-29-27-25-23-21-19-17-15-13-11-9-7-5-2/h18-21,43H,4-17,22-42H2,1-3H3,(H,51,58)(H,52,54)(H,53,55). The molecule has 3 amide bonds. The Morgan fingerprint density at radius 1 is 0.500 bits per heavy atom. The Hall–Kier alpha value is -3.43. The molecule has 1 atom stereocenters. The predicted molar refractivity (Wildman–Crippen MR) is 245 cm³/mol. The molecule has 0 aromatic rings. The maximum absolute atomic E-state index is 12.6. The van der Waals surface area contributed by atoms with Crippen molar-refractivity contribution >= 4 is 29.7 Å². The Balaban J connectivity index is 2.05. The molecule has 0 bridgehead atoms. The molecule has 0 spiro atoms. The summed E-state index contributed by atoms with van der Waals surface area (Å²) in [5.74, 6) is -0.664. The fourth-order valence-corrected chi connectivity index (χ4v) is 7.08. The molecule has 10 nitrogen and oxygen atoms in total. The van der Waals surface area contributed by atoms with E-state index in [1.165, 1.54) is 116 Å². The number of esters is 2. The second-order valence-electron chi connectivity index (χ2n) is 16.7. The van der Waals surface area contributed by atoms with Gasteiger partial charge in [0, 0.05) is 32.9 Å². The summed E-state index contributed by atoms with van der Waals surface area (Å²) in [5, 5.41) is 8.32. The van der Waals surface area contributed by atoms with Crippen LogP contribution in [0.3, 0.4) is 0 Å². The maximum atomic E-state index is 12.6. The van der Waals surface area contributed by atoms with Crippen LogP contribution in [0.25, 0.3) is 0 Å². The van der Waals surface area contributed by atoms with Gasteiger partial charge in [-0.1, -0.05) is 141 Å². The van der Waals surface area contributed by atoms with Crippen LogP contribution < -0.4 is 16.0 Å². The number of likely N-dealkylation sites (N-methyl/N-ethyl adjacent to an activating group) is 1. The lowest BCUT2D eigenvalue weighted by Crippen LogP contribution is -2.45. The van der Waals surface area contributed by atoms with Gasteiger partial charge >= 0.3 is 11.9 Å². The minimum absolute atomic E-state index is 0.00993. The zero-order valence-electron chi connectivity index (χ0n) is 38.5. The highest BCUT2D eigenvalue weighted by Crippen LogP contribution is 2.33. The molecule has 0 aromatic carbocycles. The maximum Gasteiger partial charge on any atom is 0.311 e. The minimum atomic E-state index is -0.607. The molecule has 1 rings (SSSR count). The first-order valence-electron chi connectivity index (χ1n) is 24.5. The Kier molecular flexibility index (Phi) is 36.1. The number of ether oxygens (including phenoxy) is 2. The first-order valence-corrected chi connectivity index (χ1v) is 24.5. The van der Waals surface area contributed by atoms with Gasteiger partial charge in [-0.2, -0.15) is 0 Å². The van der Waals surface area contributed by atoms with Gasteiger partial charge in [0.2, 0.25) is 17.7 Å². The Labute approximate surface area is 365 Å². The second kappa shape index (κ2) is 39.7. The van der Waals surface area contributed by atoms with Crippen molar-refractivity contribution in [2.75, 3.05) is 13.6 Å². The number of carbonyl (C=O) groups is 5. The van der Waals surface area contributed by atoms with Crippen LogP contribution in [-0.4, -0.2) is 49.3 Å². The zero-order chi connectivity index (χ0) is 43.7. The number of hydrogen-bond acceptors (Lipinski definition) is 7. The summed E-state index contributed by atoms with van der Waals surface area (Å²) in [5.41, 5.74) is 0. The van der Waals surface area contributed by atoms with Crippen LogP contribution in [0.5, 0.6) is 0 Å². The number of allylic oxidation sites excluding steroid dienone is 6. The summed E-state index contributed by atoms with van der Waals surface area (Å²) in [7, 11) is 1.56. The quantitative estimate of drug-likeness (QED) is 0.0316. The lowest BCUT2D eigenvalue weighted by Gasteiger charge is -2.17. The SMILES string of the molecule is CCCCCCCCC=CCCCCCCCC(=O)NC(CCCCNC(=O)CCC(=O)OC1=C(OC(=O)CCCCCCCC=CCCCCCCCC)C1)C(=O)NC. The first kappa shape index (κ1) is 54.6. The van der Waals surface area contributed by atoms with Gasteiger partial charge in [-0.3, -0.25) is 24.0 Å². The Morgan fingerprint density at radius 3 is 1.42 bits per heavy atom. The van der Waals surface area contributed by atoms with Gasteiger partial charge in [-0.05, 0) is 83.5 Å². The normalized spacial score (nSPS) is 12.8. The monoisotopic (exact) mass is 842 g/mol. The zero-order valence-corrected chi connectivity index (χ0v) is 38.5. The lowest BCUT2D eigenvalue weighted by atomic mass is 10.1. The van der Waals surface area contributed by atoms with Gasteiger partial charge in [0.05, 0.1) is 12.8 Å². The van der Waals surface area contributed by atoms with Crippen molar-refractivity contribution in [3.63, 3.8) is 0 Å². The van der Waals surface area contributed by atoms with Crippen LogP contribution in [0.1, 0.15) is 232 Å². The van der Waals surface area contributed by atoms with Crippen LogP contribution in [0.15, 0.2) is 35.8 Å². The number of amides is 3. The number of unbranched alkanes of at least 4 members (excludes halogenated alkanes) is 23. The molecule has 0 fully saturated rings. The van der Waals surface area contributed by atoms with Gasteiger partial charge in [0.25, 0.3) is 0 Å². The lowest BCUT2D eigenvalue weighted by molar-refractivity contribution is -0.141. The summed E-state index contributed by atoms with van der Waals surface area (Å²) in [6.45, 7) is 4.90. The molecule has 344 valence electrons. The van der Waals surface area contributed by atoms with E-state index in [9.17, 15) is 24.0 Å². The highest BCUT2D eigenvalue weighted by molar-refractivity contribution is 5.87. The van der Waals surface area contributed by atoms with Crippen LogP contribution in [-0.2, 0) is 33.4 Å². The number of nitrogens with one attached hydrogen (secondary N) is 3. The van der Waals surface area contributed by atoms with E-state index in [-0.39, 0.29) is 36.5 Å². The molecule has 10 heteroatoms. The van der Waals surface area contributed by atoms with Crippen molar-refractivity contribution in [2.45, 2.75) is 238 Å².